The molecule has 88 valence electrons. The van der Waals surface area contributed by atoms with Gasteiger partial charge in [0.1, 0.15) is 0 Å². The molecule has 2 rings (SSSR count). The Bertz CT molecular complexity index is 492. The number of anilines is 1. The predicted molar refractivity (Wildman–Crippen MR) is 62.8 cm³/mol. The standard InChI is InChI=1S/C11H15NO3S/c1-16(14,15)12-10-4-2-3-9(7-10)8-11(13)5-6-11/h2-4,7,12-13H,5-6,8H2,1H3. The number of rotatable bonds is 4. The summed E-state index contributed by atoms with van der Waals surface area (Å²) in [5.74, 6) is 0. The zero-order chi connectivity index (χ0) is 11.8. The van der Waals surface area contributed by atoms with Gasteiger partial charge in [0.2, 0.25) is 10.0 Å². The molecule has 1 aliphatic carbocycles. The molecule has 0 aliphatic heterocycles. The zero-order valence-corrected chi connectivity index (χ0v) is 9.92. The zero-order valence-electron chi connectivity index (χ0n) is 9.10. The lowest BCUT2D eigenvalue weighted by Crippen LogP contribution is -2.12. The van der Waals surface area contributed by atoms with Gasteiger partial charge in [-0.25, -0.2) is 8.42 Å². The molecule has 0 radical (unpaired) electrons. The molecule has 1 aliphatic rings. The number of hydrogen-bond acceptors (Lipinski definition) is 3. The van der Waals surface area contributed by atoms with Gasteiger partial charge >= 0.3 is 0 Å². The van der Waals surface area contributed by atoms with E-state index in [2.05, 4.69) is 4.72 Å². The summed E-state index contributed by atoms with van der Waals surface area (Å²) in [6, 6.07) is 7.14. The van der Waals surface area contributed by atoms with Crippen LogP contribution in [0.5, 0.6) is 0 Å². The molecule has 0 saturated heterocycles. The highest BCUT2D eigenvalue weighted by Gasteiger charge is 2.40. The van der Waals surface area contributed by atoms with Gasteiger partial charge < -0.3 is 5.11 Å². The van der Waals surface area contributed by atoms with E-state index in [1.165, 1.54) is 0 Å². The second kappa shape index (κ2) is 3.75. The van der Waals surface area contributed by atoms with E-state index < -0.39 is 15.6 Å². The molecule has 0 unspecified atom stereocenters. The molecule has 1 aromatic carbocycles. The van der Waals surface area contributed by atoms with Gasteiger partial charge in [-0.1, -0.05) is 12.1 Å². The van der Waals surface area contributed by atoms with Crippen molar-refractivity contribution in [3.63, 3.8) is 0 Å². The summed E-state index contributed by atoms with van der Waals surface area (Å²) < 4.78 is 24.5. The molecule has 1 aromatic rings. The molecular weight excluding hydrogens is 226 g/mol. The van der Waals surface area contributed by atoms with Crippen LogP contribution in [-0.2, 0) is 16.4 Å². The average molecular weight is 241 g/mol. The monoisotopic (exact) mass is 241 g/mol. The number of nitrogens with one attached hydrogen (secondary N) is 1. The topological polar surface area (TPSA) is 66.4 Å². The Balaban J connectivity index is 2.13. The molecular formula is C11H15NO3S. The van der Waals surface area contributed by atoms with Crippen LogP contribution in [0.2, 0.25) is 0 Å². The number of aliphatic hydroxyl groups is 1. The van der Waals surface area contributed by atoms with E-state index in [1.54, 1.807) is 18.2 Å². The highest BCUT2D eigenvalue weighted by molar-refractivity contribution is 7.92. The van der Waals surface area contributed by atoms with Gasteiger partial charge in [-0.3, -0.25) is 4.72 Å². The Labute approximate surface area is 95.4 Å². The summed E-state index contributed by atoms with van der Waals surface area (Å²) in [4.78, 5) is 0. The van der Waals surface area contributed by atoms with Crippen LogP contribution in [0, 0.1) is 0 Å². The molecule has 16 heavy (non-hydrogen) atoms. The Morgan fingerprint density at radius 3 is 2.69 bits per heavy atom. The third kappa shape index (κ3) is 3.21. The van der Waals surface area contributed by atoms with E-state index in [-0.39, 0.29) is 0 Å². The minimum Gasteiger partial charge on any atom is -0.390 e. The normalized spacial score (nSPS) is 18.1. The molecule has 0 bridgehead atoms. The minimum absolute atomic E-state index is 0.546. The van der Waals surface area contributed by atoms with Crippen LogP contribution < -0.4 is 4.72 Å². The van der Waals surface area contributed by atoms with Crippen molar-refractivity contribution in [3.8, 4) is 0 Å². The largest absolute Gasteiger partial charge is 0.390 e. The van der Waals surface area contributed by atoms with Crippen molar-refractivity contribution in [2.24, 2.45) is 0 Å². The molecule has 5 heteroatoms. The number of benzene rings is 1. The maximum Gasteiger partial charge on any atom is 0.229 e. The first-order chi connectivity index (χ1) is 7.36. The van der Waals surface area contributed by atoms with Crippen molar-refractivity contribution in [2.45, 2.75) is 24.9 Å². The van der Waals surface area contributed by atoms with Crippen molar-refractivity contribution in [2.75, 3.05) is 11.0 Å². The second-order valence-electron chi connectivity index (χ2n) is 4.48. The maximum atomic E-state index is 11.0. The van der Waals surface area contributed by atoms with Crippen LogP contribution >= 0.6 is 0 Å². The number of sulfonamides is 1. The molecule has 1 fully saturated rings. The summed E-state index contributed by atoms with van der Waals surface area (Å²) in [6.45, 7) is 0. The lowest BCUT2D eigenvalue weighted by molar-refractivity contribution is 0.151. The van der Waals surface area contributed by atoms with E-state index >= 15 is 0 Å². The molecule has 1 saturated carbocycles. The molecule has 4 nitrogen and oxygen atoms in total. The molecule has 0 atom stereocenters. The van der Waals surface area contributed by atoms with Crippen molar-refractivity contribution < 1.29 is 13.5 Å². The molecule has 0 aromatic heterocycles. The summed E-state index contributed by atoms with van der Waals surface area (Å²) >= 11 is 0. The predicted octanol–water partition coefficient (Wildman–Crippen LogP) is 1.13. The SMILES string of the molecule is CS(=O)(=O)Nc1cccc(CC2(O)CC2)c1. The molecule has 0 amide bonds. The number of hydrogen-bond donors (Lipinski definition) is 2. The Kier molecular flexibility index (Phi) is 2.67. The van der Waals surface area contributed by atoms with Crippen LogP contribution in [0.3, 0.4) is 0 Å². The van der Waals surface area contributed by atoms with Crippen molar-refractivity contribution in [1.82, 2.24) is 0 Å². The smallest absolute Gasteiger partial charge is 0.229 e. The lowest BCUT2D eigenvalue weighted by atomic mass is 10.1. The van der Waals surface area contributed by atoms with Crippen molar-refractivity contribution >= 4 is 15.7 Å². The van der Waals surface area contributed by atoms with Crippen molar-refractivity contribution in [3.05, 3.63) is 29.8 Å². The minimum atomic E-state index is -3.23. The van der Waals surface area contributed by atoms with Crippen LogP contribution in [0.4, 0.5) is 5.69 Å². The maximum absolute atomic E-state index is 11.0. The summed E-state index contributed by atoms with van der Waals surface area (Å²) in [7, 11) is -3.23. The van der Waals surface area contributed by atoms with E-state index in [1.807, 2.05) is 6.07 Å². The first kappa shape index (κ1) is 11.4. The van der Waals surface area contributed by atoms with Crippen LogP contribution in [0.25, 0.3) is 0 Å². The van der Waals surface area contributed by atoms with Crippen molar-refractivity contribution in [1.29, 1.82) is 0 Å². The molecule has 0 spiro atoms. The van der Waals surface area contributed by atoms with E-state index in [0.29, 0.717) is 12.1 Å². The van der Waals surface area contributed by atoms with Gasteiger partial charge in [-0.15, -0.1) is 0 Å². The van der Waals surface area contributed by atoms with Gasteiger partial charge in [-0.05, 0) is 30.5 Å². The van der Waals surface area contributed by atoms with Crippen LogP contribution in [-0.4, -0.2) is 25.4 Å². The Morgan fingerprint density at radius 2 is 2.12 bits per heavy atom. The Morgan fingerprint density at radius 1 is 1.44 bits per heavy atom. The first-order valence-electron chi connectivity index (χ1n) is 5.15. The van der Waals surface area contributed by atoms with E-state index in [4.69, 9.17) is 0 Å². The van der Waals surface area contributed by atoms with E-state index in [9.17, 15) is 13.5 Å². The quantitative estimate of drug-likeness (QED) is 0.830. The molecule has 0 heterocycles. The van der Waals surface area contributed by atoms with Gasteiger partial charge in [0, 0.05) is 12.1 Å². The fourth-order valence-electron chi connectivity index (χ4n) is 1.66. The van der Waals surface area contributed by atoms with Crippen LogP contribution in [0.1, 0.15) is 18.4 Å². The highest BCUT2D eigenvalue weighted by Crippen LogP contribution is 2.38. The molecule has 2 N–H and O–H groups in total. The fraction of sp³-hybridized carbons (Fsp3) is 0.455. The van der Waals surface area contributed by atoms with E-state index in [0.717, 1.165) is 24.7 Å². The third-order valence-electron chi connectivity index (χ3n) is 2.59. The highest BCUT2D eigenvalue weighted by atomic mass is 32.2. The fourth-order valence-corrected chi connectivity index (χ4v) is 2.22. The second-order valence-corrected chi connectivity index (χ2v) is 6.22. The van der Waals surface area contributed by atoms with Gasteiger partial charge in [-0.2, -0.15) is 0 Å². The Hall–Kier alpha value is -1.07. The lowest BCUT2D eigenvalue weighted by Gasteiger charge is -2.09. The van der Waals surface area contributed by atoms with Gasteiger partial charge in [0.15, 0.2) is 0 Å². The summed E-state index contributed by atoms with van der Waals surface area (Å²) in [5.41, 5.74) is 0.946. The summed E-state index contributed by atoms with van der Waals surface area (Å²) in [6.07, 6.45) is 3.37. The van der Waals surface area contributed by atoms with Crippen LogP contribution in [0.15, 0.2) is 24.3 Å². The van der Waals surface area contributed by atoms with Gasteiger partial charge in [0.05, 0.1) is 11.9 Å². The first-order valence-corrected chi connectivity index (χ1v) is 7.05. The average Bonchev–Trinajstić information content (AvgIpc) is 2.80. The van der Waals surface area contributed by atoms with Gasteiger partial charge in [0.25, 0.3) is 0 Å². The summed E-state index contributed by atoms with van der Waals surface area (Å²) in [5, 5.41) is 9.77. The third-order valence-corrected chi connectivity index (χ3v) is 3.20.